The Morgan fingerprint density at radius 1 is 1.21 bits per heavy atom. The molecule has 1 aliphatic rings. The van der Waals surface area contributed by atoms with Gasteiger partial charge in [-0.2, -0.15) is 0 Å². The maximum atomic E-state index is 12.3. The van der Waals surface area contributed by atoms with E-state index in [0.29, 0.717) is 11.4 Å². The van der Waals surface area contributed by atoms with Gasteiger partial charge < -0.3 is 19.9 Å². The Morgan fingerprint density at radius 2 is 1.89 bits per heavy atom. The Balaban J connectivity index is 1.57. The number of carbonyl (C=O) groups excluding carboxylic acids is 1. The lowest BCUT2D eigenvalue weighted by Gasteiger charge is -2.21. The third-order valence-corrected chi connectivity index (χ3v) is 5.95. The average Bonchev–Trinajstić information content (AvgIpc) is 3.06. The van der Waals surface area contributed by atoms with Gasteiger partial charge in [-0.3, -0.25) is 9.95 Å². The molecule has 150 valence electrons. The van der Waals surface area contributed by atoms with Gasteiger partial charge in [-0.15, -0.1) is 0 Å². The Kier molecular flexibility index (Phi) is 6.30. The van der Waals surface area contributed by atoms with Crippen molar-refractivity contribution in [2.45, 2.75) is 43.9 Å². The van der Waals surface area contributed by atoms with Crippen molar-refractivity contribution in [3.05, 3.63) is 40.8 Å². The van der Waals surface area contributed by atoms with Crippen molar-refractivity contribution in [2.75, 3.05) is 5.32 Å². The number of aromatic nitrogens is 1. The lowest BCUT2D eigenvalue weighted by Crippen LogP contribution is -2.38. The monoisotopic (exact) mass is 421 g/mol. The number of rotatable bonds is 5. The highest BCUT2D eigenvalue weighted by molar-refractivity contribution is 7.94. The number of nitrogens with zero attached hydrogens (tertiary/aromatic N) is 2. The Bertz CT molecular complexity index is 948. The zero-order valence-corrected chi connectivity index (χ0v) is 17.0. The van der Waals surface area contributed by atoms with Crippen LogP contribution in [0.2, 0.25) is 0 Å². The summed E-state index contributed by atoms with van der Waals surface area (Å²) in [5.74, 6) is 0.393. The van der Waals surface area contributed by atoms with Crippen LogP contribution in [0.15, 0.2) is 39.8 Å². The maximum Gasteiger partial charge on any atom is 0.229 e. The molecule has 0 atom stereocenters. The molecular formula is C18H21N4O4S2-. The maximum absolute atomic E-state index is 12.3. The van der Waals surface area contributed by atoms with E-state index < -0.39 is 10.0 Å². The largest absolute Gasteiger partial charge is 0.460 e. The van der Waals surface area contributed by atoms with Crippen LogP contribution in [0.3, 0.4) is 0 Å². The molecule has 0 saturated heterocycles. The van der Waals surface area contributed by atoms with Gasteiger partial charge in [0.05, 0.1) is 4.90 Å². The second kappa shape index (κ2) is 8.70. The van der Waals surface area contributed by atoms with Crippen molar-refractivity contribution >= 4 is 44.8 Å². The summed E-state index contributed by atoms with van der Waals surface area (Å²) in [7, 11) is -3.91. The van der Waals surface area contributed by atoms with Crippen molar-refractivity contribution in [2.24, 2.45) is 5.92 Å². The van der Waals surface area contributed by atoms with E-state index in [9.17, 15) is 13.2 Å². The molecule has 0 bridgehead atoms. The lowest BCUT2D eigenvalue weighted by atomic mass is 9.89. The van der Waals surface area contributed by atoms with E-state index in [1.54, 1.807) is 19.1 Å². The molecule has 0 radical (unpaired) electrons. The van der Waals surface area contributed by atoms with Crippen LogP contribution in [-0.4, -0.2) is 24.6 Å². The molecule has 1 aromatic heterocycles. The van der Waals surface area contributed by atoms with Crippen LogP contribution in [0.25, 0.3) is 4.72 Å². The molecule has 1 saturated carbocycles. The number of benzene rings is 1. The first-order valence-electron chi connectivity index (χ1n) is 8.97. The summed E-state index contributed by atoms with van der Waals surface area (Å²) in [6.45, 7) is 1.65. The molecule has 0 spiro atoms. The van der Waals surface area contributed by atoms with Gasteiger partial charge in [0, 0.05) is 11.6 Å². The molecule has 2 aromatic rings. The van der Waals surface area contributed by atoms with E-state index in [1.807, 2.05) is 0 Å². The molecule has 28 heavy (non-hydrogen) atoms. The summed E-state index contributed by atoms with van der Waals surface area (Å²) >= 11 is 5.18. The van der Waals surface area contributed by atoms with Crippen molar-refractivity contribution in [1.29, 1.82) is 0 Å². The molecule has 8 nitrogen and oxygen atoms in total. The van der Waals surface area contributed by atoms with Crippen LogP contribution in [0.4, 0.5) is 11.5 Å². The first-order chi connectivity index (χ1) is 13.3. The van der Waals surface area contributed by atoms with E-state index in [4.69, 9.17) is 16.7 Å². The standard InChI is InChI=1S/C18H22N4O4S2/c1-12-11-16(21-26-12)22-28(24,25)15-9-7-14(8-10-15)19-18(27)20-17(23)13-5-3-2-4-6-13/h7-11,13H,2-6H2,1H3,(H3,19,20,21,22,23,27)/p-1. The highest BCUT2D eigenvalue weighted by Gasteiger charge is 2.21. The summed E-state index contributed by atoms with van der Waals surface area (Å²) < 4.78 is 33.1. The fourth-order valence-corrected chi connectivity index (χ4v) is 4.16. The van der Waals surface area contributed by atoms with Gasteiger partial charge in [0.2, 0.25) is 15.9 Å². The Labute approximate surface area is 169 Å². The predicted octanol–water partition coefficient (Wildman–Crippen LogP) is 3.77. The second-order valence-electron chi connectivity index (χ2n) is 6.66. The molecule has 10 heteroatoms. The SMILES string of the molecule is Cc1cc([N-]S(=O)(=O)c2ccc(NC(=S)NC(=O)C3CCCCC3)cc2)no1. The predicted molar refractivity (Wildman–Crippen MR) is 109 cm³/mol. The van der Waals surface area contributed by atoms with Gasteiger partial charge in [-0.05, 0) is 68.1 Å². The van der Waals surface area contributed by atoms with Gasteiger partial charge in [0.1, 0.15) is 5.76 Å². The van der Waals surface area contributed by atoms with E-state index in [2.05, 4.69) is 20.5 Å². The van der Waals surface area contributed by atoms with Gasteiger partial charge in [-0.25, -0.2) is 8.42 Å². The zero-order valence-electron chi connectivity index (χ0n) is 15.3. The minimum Gasteiger partial charge on any atom is -0.460 e. The summed E-state index contributed by atoms with van der Waals surface area (Å²) in [5.41, 5.74) is 0.560. The number of hydrogen-bond donors (Lipinski definition) is 2. The lowest BCUT2D eigenvalue weighted by molar-refractivity contribution is -0.124. The summed E-state index contributed by atoms with van der Waals surface area (Å²) in [6.07, 6.45) is 5.07. The van der Waals surface area contributed by atoms with Crippen molar-refractivity contribution < 1.29 is 17.7 Å². The van der Waals surface area contributed by atoms with E-state index in [-0.39, 0.29) is 27.7 Å². The molecule has 1 amide bonds. The van der Waals surface area contributed by atoms with Crippen molar-refractivity contribution in [3.63, 3.8) is 0 Å². The fourth-order valence-electron chi connectivity index (χ4n) is 3.02. The van der Waals surface area contributed by atoms with Crippen molar-refractivity contribution in [3.8, 4) is 0 Å². The fraction of sp³-hybridized carbons (Fsp3) is 0.389. The molecular weight excluding hydrogens is 400 g/mol. The molecule has 1 aromatic carbocycles. The van der Waals surface area contributed by atoms with Crippen LogP contribution >= 0.6 is 12.2 Å². The third kappa shape index (κ3) is 5.29. The topological polar surface area (TPSA) is 115 Å². The van der Waals surface area contributed by atoms with E-state index >= 15 is 0 Å². The average molecular weight is 422 g/mol. The number of nitrogens with one attached hydrogen (secondary N) is 2. The van der Waals surface area contributed by atoms with E-state index in [0.717, 1.165) is 25.7 Å². The first kappa shape index (κ1) is 20.3. The van der Waals surface area contributed by atoms with Gasteiger partial charge in [0.25, 0.3) is 0 Å². The molecule has 1 aliphatic carbocycles. The zero-order chi connectivity index (χ0) is 20.1. The van der Waals surface area contributed by atoms with Gasteiger partial charge in [-0.1, -0.05) is 19.3 Å². The van der Waals surface area contributed by atoms with Crippen LogP contribution in [0, 0.1) is 12.8 Å². The number of thiocarbonyl (C=S) groups is 1. The molecule has 3 rings (SSSR count). The van der Waals surface area contributed by atoms with Crippen LogP contribution < -0.4 is 10.6 Å². The summed E-state index contributed by atoms with van der Waals surface area (Å²) in [5, 5.41) is 9.34. The molecule has 2 N–H and O–H groups in total. The Morgan fingerprint density at radius 3 is 2.50 bits per heavy atom. The molecule has 0 unspecified atom stereocenters. The van der Waals surface area contributed by atoms with Crippen LogP contribution in [0.5, 0.6) is 0 Å². The smallest absolute Gasteiger partial charge is 0.229 e. The normalized spacial score (nSPS) is 15.0. The number of amides is 1. The van der Waals surface area contributed by atoms with E-state index in [1.165, 1.54) is 24.6 Å². The quantitative estimate of drug-likeness (QED) is 0.706. The summed E-state index contributed by atoms with van der Waals surface area (Å²) in [6, 6.07) is 7.34. The first-order valence-corrected chi connectivity index (χ1v) is 10.8. The second-order valence-corrected chi connectivity index (χ2v) is 8.68. The number of hydrogen-bond acceptors (Lipinski definition) is 6. The minimum atomic E-state index is -3.91. The van der Waals surface area contributed by atoms with Crippen molar-refractivity contribution in [1.82, 2.24) is 10.5 Å². The highest BCUT2D eigenvalue weighted by atomic mass is 32.2. The number of anilines is 1. The number of aryl methyl sites for hydroxylation is 1. The number of sulfonamides is 1. The minimum absolute atomic E-state index is 0.00259. The van der Waals surface area contributed by atoms with Gasteiger partial charge >= 0.3 is 0 Å². The van der Waals surface area contributed by atoms with Crippen LogP contribution in [0.1, 0.15) is 37.9 Å². The number of carbonyl (C=O) groups is 1. The van der Waals surface area contributed by atoms with Crippen LogP contribution in [-0.2, 0) is 14.8 Å². The third-order valence-electron chi connectivity index (χ3n) is 4.45. The molecule has 0 aliphatic heterocycles. The van der Waals surface area contributed by atoms with Gasteiger partial charge in [0.15, 0.2) is 5.11 Å². The molecule has 1 heterocycles. The highest BCUT2D eigenvalue weighted by Crippen LogP contribution is 2.27. The Hall–Kier alpha value is -2.46. The summed E-state index contributed by atoms with van der Waals surface area (Å²) in [4.78, 5) is 12.2. The molecule has 1 fully saturated rings.